The van der Waals surface area contributed by atoms with Gasteiger partial charge in [-0.1, -0.05) is 27.7 Å². The van der Waals surface area contributed by atoms with Gasteiger partial charge in [0.05, 0.1) is 5.60 Å². The van der Waals surface area contributed by atoms with Gasteiger partial charge in [0.2, 0.25) is 0 Å². The number of nitrogens with zero attached hydrogens (tertiary/aromatic N) is 1. The zero-order valence-corrected chi connectivity index (χ0v) is 13.2. The molecule has 108 valence electrons. The second-order valence-electron chi connectivity index (χ2n) is 6.97. The fourth-order valence-electron chi connectivity index (χ4n) is 2.78. The lowest BCUT2D eigenvalue weighted by atomic mass is 9.85. The molecule has 0 aromatic rings. The summed E-state index contributed by atoms with van der Waals surface area (Å²) in [5, 5.41) is 3.63. The van der Waals surface area contributed by atoms with E-state index in [4.69, 9.17) is 4.74 Å². The predicted octanol–water partition coefficient (Wildman–Crippen LogP) is 2.51. The molecule has 0 bridgehead atoms. The summed E-state index contributed by atoms with van der Waals surface area (Å²) in [6.45, 7) is 15.8. The molecule has 0 amide bonds. The monoisotopic (exact) mass is 256 g/mol. The lowest BCUT2D eigenvalue weighted by Crippen LogP contribution is -2.54. The average molecular weight is 256 g/mol. The number of rotatable bonds is 5. The Kier molecular flexibility index (Phi) is 5.63. The molecule has 1 aliphatic rings. The van der Waals surface area contributed by atoms with Crippen LogP contribution in [0, 0.1) is 5.41 Å². The number of methoxy groups -OCH3 is 1. The molecule has 1 aliphatic heterocycles. The van der Waals surface area contributed by atoms with Gasteiger partial charge < -0.3 is 10.1 Å². The summed E-state index contributed by atoms with van der Waals surface area (Å²) in [5.74, 6) is 0. The standard InChI is InChI=1S/C15H32N2O/c1-7-16-13(14(2,3)4)11-17-10-8-9-15(5,12-17)18-6/h13,16H,7-12H2,1-6H3. The normalized spacial score (nSPS) is 28.3. The van der Waals surface area contributed by atoms with Gasteiger partial charge in [-0.2, -0.15) is 0 Å². The average Bonchev–Trinajstić information content (AvgIpc) is 2.27. The second kappa shape index (κ2) is 6.36. The van der Waals surface area contributed by atoms with Crippen LogP contribution in [0.2, 0.25) is 0 Å². The highest BCUT2D eigenvalue weighted by Crippen LogP contribution is 2.26. The van der Waals surface area contributed by atoms with Crippen LogP contribution in [0.1, 0.15) is 47.5 Å². The van der Waals surface area contributed by atoms with Gasteiger partial charge in [-0.3, -0.25) is 4.90 Å². The van der Waals surface area contributed by atoms with Crippen LogP contribution in [0.4, 0.5) is 0 Å². The van der Waals surface area contributed by atoms with Crippen molar-refractivity contribution in [3.05, 3.63) is 0 Å². The smallest absolute Gasteiger partial charge is 0.0777 e. The van der Waals surface area contributed by atoms with Crippen molar-refractivity contribution in [3.63, 3.8) is 0 Å². The minimum Gasteiger partial charge on any atom is -0.377 e. The lowest BCUT2D eigenvalue weighted by molar-refractivity contribution is -0.0547. The number of piperidine rings is 1. The summed E-state index contributed by atoms with van der Waals surface area (Å²) in [6.07, 6.45) is 2.43. The molecule has 1 N–H and O–H groups in total. The van der Waals surface area contributed by atoms with Crippen LogP contribution in [0.25, 0.3) is 0 Å². The Balaban J connectivity index is 2.58. The molecule has 0 aromatic heterocycles. The quantitative estimate of drug-likeness (QED) is 0.818. The van der Waals surface area contributed by atoms with Crippen molar-refractivity contribution in [2.45, 2.75) is 59.1 Å². The highest BCUT2D eigenvalue weighted by atomic mass is 16.5. The van der Waals surface area contributed by atoms with Crippen molar-refractivity contribution in [1.82, 2.24) is 10.2 Å². The van der Waals surface area contributed by atoms with Crippen molar-refractivity contribution in [2.75, 3.05) is 33.3 Å². The van der Waals surface area contributed by atoms with E-state index in [-0.39, 0.29) is 5.60 Å². The SMILES string of the molecule is CCNC(CN1CCCC(C)(OC)C1)C(C)(C)C. The molecule has 0 radical (unpaired) electrons. The van der Waals surface area contributed by atoms with E-state index in [2.05, 4.69) is 44.8 Å². The lowest BCUT2D eigenvalue weighted by Gasteiger charge is -2.43. The van der Waals surface area contributed by atoms with Crippen LogP contribution in [0.3, 0.4) is 0 Å². The Bertz CT molecular complexity index is 249. The fourth-order valence-corrected chi connectivity index (χ4v) is 2.78. The van der Waals surface area contributed by atoms with Gasteiger partial charge in [0.15, 0.2) is 0 Å². The first-order valence-electron chi connectivity index (χ1n) is 7.31. The third kappa shape index (κ3) is 4.52. The highest BCUT2D eigenvalue weighted by molar-refractivity contribution is 4.89. The largest absolute Gasteiger partial charge is 0.377 e. The van der Waals surface area contributed by atoms with E-state index >= 15 is 0 Å². The summed E-state index contributed by atoms with van der Waals surface area (Å²) in [7, 11) is 1.84. The maximum absolute atomic E-state index is 5.67. The van der Waals surface area contributed by atoms with Crippen molar-refractivity contribution in [3.8, 4) is 0 Å². The summed E-state index contributed by atoms with van der Waals surface area (Å²) in [4.78, 5) is 2.56. The van der Waals surface area contributed by atoms with Gasteiger partial charge in [0, 0.05) is 26.2 Å². The number of ether oxygens (including phenoxy) is 1. The molecule has 0 saturated carbocycles. The first-order chi connectivity index (χ1) is 8.30. The van der Waals surface area contributed by atoms with Crippen LogP contribution >= 0.6 is 0 Å². The van der Waals surface area contributed by atoms with Crippen LogP contribution < -0.4 is 5.32 Å². The molecule has 18 heavy (non-hydrogen) atoms. The third-order valence-corrected chi connectivity index (χ3v) is 4.17. The number of hydrogen-bond donors (Lipinski definition) is 1. The molecule has 2 atom stereocenters. The highest BCUT2D eigenvalue weighted by Gasteiger charge is 2.33. The number of likely N-dealkylation sites (N-methyl/N-ethyl adjacent to an activating group) is 1. The Morgan fingerprint density at radius 2 is 2.06 bits per heavy atom. The second-order valence-corrected chi connectivity index (χ2v) is 6.97. The number of likely N-dealkylation sites (tertiary alicyclic amines) is 1. The molecule has 2 unspecified atom stereocenters. The summed E-state index contributed by atoms with van der Waals surface area (Å²) < 4.78 is 5.67. The van der Waals surface area contributed by atoms with Crippen molar-refractivity contribution >= 4 is 0 Å². The third-order valence-electron chi connectivity index (χ3n) is 4.17. The van der Waals surface area contributed by atoms with Crippen LogP contribution in [-0.2, 0) is 4.74 Å². The molecule has 0 aromatic carbocycles. The van der Waals surface area contributed by atoms with Crippen molar-refractivity contribution in [2.24, 2.45) is 5.41 Å². The van der Waals surface area contributed by atoms with Gasteiger partial charge in [-0.25, -0.2) is 0 Å². The minimum absolute atomic E-state index is 0.0485. The zero-order valence-electron chi connectivity index (χ0n) is 13.2. The van der Waals surface area contributed by atoms with Crippen LogP contribution in [-0.4, -0.2) is 49.8 Å². The van der Waals surface area contributed by atoms with Gasteiger partial charge in [0.25, 0.3) is 0 Å². The number of nitrogens with one attached hydrogen (secondary N) is 1. The van der Waals surface area contributed by atoms with E-state index < -0.39 is 0 Å². The number of hydrogen-bond acceptors (Lipinski definition) is 3. The van der Waals surface area contributed by atoms with E-state index in [0.717, 1.165) is 19.6 Å². The van der Waals surface area contributed by atoms with Gasteiger partial charge in [0.1, 0.15) is 0 Å². The van der Waals surface area contributed by atoms with E-state index in [1.165, 1.54) is 19.4 Å². The Morgan fingerprint density at radius 1 is 1.39 bits per heavy atom. The van der Waals surface area contributed by atoms with Crippen LogP contribution in [0.15, 0.2) is 0 Å². The summed E-state index contributed by atoms with van der Waals surface area (Å²) in [5.41, 5.74) is 0.351. The minimum atomic E-state index is 0.0485. The Hall–Kier alpha value is -0.120. The van der Waals surface area contributed by atoms with Gasteiger partial charge in [-0.05, 0) is 38.3 Å². The predicted molar refractivity (Wildman–Crippen MR) is 78.0 cm³/mol. The van der Waals surface area contributed by atoms with Crippen molar-refractivity contribution in [1.29, 1.82) is 0 Å². The fraction of sp³-hybridized carbons (Fsp3) is 1.00. The molecular weight excluding hydrogens is 224 g/mol. The van der Waals surface area contributed by atoms with Crippen LogP contribution in [0.5, 0.6) is 0 Å². The summed E-state index contributed by atoms with van der Waals surface area (Å²) in [6, 6.07) is 0.543. The first-order valence-corrected chi connectivity index (χ1v) is 7.31. The maximum atomic E-state index is 5.67. The Morgan fingerprint density at radius 3 is 2.56 bits per heavy atom. The van der Waals surface area contributed by atoms with E-state index in [0.29, 0.717) is 11.5 Å². The van der Waals surface area contributed by atoms with E-state index in [1.54, 1.807) is 0 Å². The molecule has 1 heterocycles. The Labute approximate surface area is 113 Å². The molecule has 0 spiro atoms. The van der Waals surface area contributed by atoms with Crippen molar-refractivity contribution < 1.29 is 4.74 Å². The van der Waals surface area contributed by atoms with E-state index in [9.17, 15) is 0 Å². The van der Waals surface area contributed by atoms with E-state index in [1.807, 2.05) is 7.11 Å². The molecule has 1 saturated heterocycles. The molecule has 0 aliphatic carbocycles. The zero-order chi connectivity index (χ0) is 13.8. The maximum Gasteiger partial charge on any atom is 0.0777 e. The molecular formula is C15H32N2O. The molecule has 1 rings (SSSR count). The molecule has 3 nitrogen and oxygen atoms in total. The van der Waals surface area contributed by atoms with Gasteiger partial charge in [-0.15, -0.1) is 0 Å². The first kappa shape index (κ1) is 15.9. The summed E-state index contributed by atoms with van der Waals surface area (Å²) >= 11 is 0. The topological polar surface area (TPSA) is 24.5 Å². The molecule has 1 fully saturated rings. The van der Waals surface area contributed by atoms with Gasteiger partial charge >= 0.3 is 0 Å². The molecule has 3 heteroatoms.